The first-order valence-corrected chi connectivity index (χ1v) is 9.97. The molecule has 0 amide bonds. The van der Waals surface area contributed by atoms with Crippen molar-refractivity contribution in [3.63, 3.8) is 0 Å². The minimum Gasteiger partial charge on any atom is -0.435 e. The van der Waals surface area contributed by atoms with Gasteiger partial charge in [0.25, 0.3) is 0 Å². The summed E-state index contributed by atoms with van der Waals surface area (Å²) in [5.74, 6) is 0.259. The Hall–Kier alpha value is -0.903. The van der Waals surface area contributed by atoms with Gasteiger partial charge >= 0.3 is 6.61 Å². The number of alkyl halides is 2. The highest BCUT2D eigenvalue weighted by atomic mass is 28.2. The summed E-state index contributed by atoms with van der Waals surface area (Å²) >= 11 is 0. The van der Waals surface area contributed by atoms with Crippen LogP contribution in [0.5, 0.6) is 5.75 Å². The molecule has 0 fully saturated rings. The number of ether oxygens (including phenoxy) is 1. The fraction of sp³-hybridized carbons (Fsp3) is 0.647. The Bertz CT molecular complexity index is 354. The zero-order chi connectivity index (χ0) is 15.3. The number of hydrogen-bond acceptors (Lipinski definition) is 1. The van der Waals surface area contributed by atoms with E-state index >= 15 is 0 Å². The van der Waals surface area contributed by atoms with Gasteiger partial charge in [0, 0.05) is 0 Å². The molecule has 0 heterocycles. The van der Waals surface area contributed by atoms with E-state index in [1.807, 2.05) is 12.1 Å². The van der Waals surface area contributed by atoms with E-state index in [4.69, 9.17) is 0 Å². The van der Waals surface area contributed by atoms with E-state index in [1.165, 1.54) is 62.6 Å². The summed E-state index contributed by atoms with van der Waals surface area (Å²) in [5.41, 5.74) is 0. The Labute approximate surface area is 129 Å². The van der Waals surface area contributed by atoms with Crippen LogP contribution >= 0.6 is 0 Å². The maximum absolute atomic E-state index is 12.0. The summed E-state index contributed by atoms with van der Waals surface area (Å²) in [6.45, 7) is -0.484. The molecule has 0 saturated carbocycles. The predicted molar refractivity (Wildman–Crippen MR) is 88.7 cm³/mol. The van der Waals surface area contributed by atoms with E-state index < -0.39 is 6.61 Å². The van der Waals surface area contributed by atoms with Crippen LogP contribution in [0.2, 0.25) is 6.04 Å². The summed E-state index contributed by atoms with van der Waals surface area (Å²) in [5, 5.41) is 1.33. The molecule has 0 radical (unpaired) electrons. The van der Waals surface area contributed by atoms with Gasteiger partial charge in [-0.1, -0.05) is 81.7 Å². The maximum Gasteiger partial charge on any atom is 0.387 e. The van der Waals surface area contributed by atoms with E-state index in [1.54, 1.807) is 12.1 Å². The highest BCUT2D eigenvalue weighted by Crippen LogP contribution is 2.12. The van der Waals surface area contributed by atoms with Crippen molar-refractivity contribution in [1.29, 1.82) is 0 Å². The van der Waals surface area contributed by atoms with E-state index in [2.05, 4.69) is 11.7 Å². The van der Waals surface area contributed by atoms with Crippen molar-refractivity contribution < 1.29 is 13.5 Å². The second-order valence-electron chi connectivity index (χ2n) is 5.60. The standard InChI is InChI=1S/C17H28F2OSi/c1-2-3-4-5-6-7-8-9-14-21-16-12-10-15(11-13-16)20-17(18)19/h10-13,17H,2-9,14,21H2,1H3. The van der Waals surface area contributed by atoms with Gasteiger partial charge in [0.15, 0.2) is 0 Å². The average Bonchev–Trinajstić information content (AvgIpc) is 2.47. The fourth-order valence-electron chi connectivity index (χ4n) is 2.48. The fourth-order valence-corrected chi connectivity index (χ4v) is 4.06. The van der Waals surface area contributed by atoms with Crippen molar-refractivity contribution in [2.24, 2.45) is 0 Å². The third-order valence-electron chi connectivity index (χ3n) is 3.72. The Morgan fingerprint density at radius 3 is 2.05 bits per heavy atom. The van der Waals surface area contributed by atoms with Gasteiger partial charge in [0.2, 0.25) is 0 Å². The quantitative estimate of drug-likeness (QED) is 0.403. The summed E-state index contributed by atoms with van der Waals surface area (Å²) < 4.78 is 28.4. The van der Waals surface area contributed by atoms with Crippen LogP contribution in [0.4, 0.5) is 8.78 Å². The first-order valence-electron chi connectivity index (χ1n) is 8.26. The molecule has 0 bridgehead atoms. The molecule has 0 N–H and O–H groups in total. The molecule has 0 unspecified atom stereocenters. The Balaban J connectivity index is 2.02. The molecule has 4 heteroatoms. The van der Waals surface area contributed by atoms with Gasteiger partial charge in [-0.15, -0.1) is 0 Å². The molecule has 0 atom stereocenters. The summed E-state index contributed by atoms with van der Waals surface area (Å²) in [4.78, 5) is 0. The van der Waals surface area contributed by atoms with Crippen molar-refractivity contribution in [1.82, 2.24) is 0 Å². The van der Waals surface area contributed by atoms with Crippen molar-refractivity contribution in [3.05, 3.63) is 24.3 Å². The molecule has 0 aliphatic carbocycles. The van der Waals surface area contributed by atoms with E-state index in [-0.39, 0.29) is 15.3 Å². The Morgan fingerprint density at radius 2 is 1.48 bits per heavy atom. The van der Waals surface area contributed by atoms with Gasteiger partial charge in [-0.05, 0) is 12.1 Å². The van der Waals surface area contributed by atoms with Crippen LogP contribution < -0.4 is 9.92 Å². The van der Waals surface area contributed by atoms with Crippen LogP contribution in [0, 0.1) is 0 Å². The number of unbranched alkanes of at least 4 members (excludes halogenated alkanes) is 7. The van der Waals surface area contributed by atoms with Gasteiger partial charge < -0.3 is 4.74 Å². The second-order valence-corrected chi connectivity index (χ2v) is 7.62. The third-order valence-corrected chi connectivity index (χ3v) is 5.62. The lowest BCUT2D eigenvalue weighted by Gasteiger charge is -2.05. The molecular formula is C17H28F2OSi. The molecule has 120 valence electrons. The van der Waals surface area contributed by atoms with Gasteiger partial charge in [-0.25, -0.2) is 0 Å². The van der Waals surface area contributed by atoms with Gasteiger partial charge in [-0.3, -0.25) is 0 Å². The lowest BCUT2D eigenvalue weighted by Crippen LogP contribution is -2.13. The second kappa shape index (κ2) is 11.7. The van der Waals surface area contributed by atoms with Gasteiger partial charge in [0.1, 0.15) is 5.75 Å². The highest BCUT2D eigenvalue weighted by molar-refractivity contribution is 6.53. The molecule has 0 aliphatic heterocycles. The first-order chi connectivity index (χ1) is 10.2. The van der Waals surface area contributed by atoms with Gasteiger partial charge in [-0.2, -0.15) is 8.78 Å². The number of rotatable bonds is 12. The van der Waals surface area contributed by atoms with Crippen molar-refractivity contribution >= 4 is 14.7 Å². The molecule has 1 aromatic rings. The molecule has 21 heavy (non-hydrogen) atoms. The van der Waals surface area contributed by atoms with Crippen LogP contribution in [0.25, 0.3) is 0 Å². The molecular weight excluding hydrogens is 286 g/mol. The van der Waals surface area contributed by atoms with Crippen LogP contribution in [0.1, 0.15) is 58.3 Å². The van der Waals surface area contributed by atoms with E-state index in [0.29, 0.717) is 0 Å². The molecule has 0 spiro atoms. The SMILES string of the molecule is CCCCCCCCCC[SiH2]c1ccc(OC(F)F)cc1. The maximum atomic E-state index is 12.0. The molecule has 0 aliphatic rings. The minimum atomic E-state index is -2.73. The lowest BCUT2D eigenvalue weighted by molar-refractivity contribution is -0.0498. The summed E-state index contributed by atoms with van der Waals surface area (Å²) in [6.07, 6.45) is 10.8. The largest absolute Gasteiger partial charge is 0.435 e. The zero-order valence-electron chi connectivity index (χ0n) is 13.1. The Morgan fingerprint density at radius 1 is 0.905 bits per heavy atom. The van der Waals surface area contributed by atoms with Crippen molar-refractivity contribution in [3.8, 4) is 5.75 Å². The number of hydrogen-bond donors (Lipinski definition) is 0. The van der Waals surface area contributed by atoms with E-state index in [0.717, 1.165) is 0 Å². The zero-order valence-corrected chi connectivity index (χ0v) is 14.5. The molecule has 1 nitrogen and oxygen atoms in total. The normalized spacial score (nSPS) is 11.6. The van der Waals surface area contributed by atoms with Crippen molar-refractivity contribution in [2.45, 2.75) is 70.9 Å². The number of benzene rings is 1. The van der Waals surface area contributed by atoms with Crippen molar-refractivity contribution in [2.75, 3.05) is 0 Å². The van der Waals surface area contributed by atoms with Crippen LogP contribution in [0.3, 0.4) is 0 Å². The van der Waals surface area contributed by atoms with Gasteiger partial charge in [0.05, 0.1) is 9.52 Å². The average molecular weight is 314 g/mol. The summed E-state index contributed by atoms with van der Waals surface area (Å²) in [7, 11) is -0.245. The highest BCUT2D eigenvalue weighted by Gasteiger charge is 2.03. The molecule has 1 aromatic carbocycles. The summed E-state index contributed by atoms with van der Waals surface area (Å²) in [6, 6.07) is 8.50. The molecule has 0 aromatic heterocycles. The monoisotopic (exact) mass is 314 g/mol. The molecule has 1 rings (SSSR count). The van der Waals surface area contributed by atoms with Crippen LogP contribution in [-0.4, -0.2) is 16.1 Å². The van der Waals surface area contributed by atoms with Crippen LogP contribution in [-0.2, 0) is 0 Å². The first kappa shape index (κ1) is 18.1. The Kier molecular flexibility index (Phi) is 10.1. The number of halogens is 2. The molecule has 0 saturated heterocycles. The lowest BCUT2D eigenvalue weighted by atomic mass is 10.1. The third kappa shape index (κ3) is 9.61. The van der Waals surface area contributed by atoms with E-state index in [9.17, 15) is 8.78 Å². The minimum absolute atomic E-state index is 0.245. The topological polar surface area (TPSA) is 9.23 Å². The predicted octanol–water partition coefficient (Wildman–Crippen LogP) is 4.64. The van der Waals surface area contributed by atoms with Crippen LogP contribution in [0.15, 0.2) is 24.3 Å². The smallest absolute Gasteiger partial charge is 0.387 e.